The summed E-state index contributed by atoms with van der Waals surface area (Å²) in [7, 11) is 0. The third-order valence-corrected chi connectivity index (χ3v) is 2.31. The number of rotatable bonds is 4. The fraction of sp³-hybridized carbons (Fsp3) is 0.364. The van der Waals surface area contributed by atoms with E-state index in [4.69, 9.17) is 10.8 Å². The Morgan fingerprint density at radius 3 is 2.53 bits per heavy atom. The lowest BCUT2D eigenvalue weighted by Crippen LogP contribution is -2.24. The maximum atomic E-state index is 13.5. The zero-order chi connectivity index (χ0) is 14.8. The fourth-order valence-electron chi connectivity index (χ4n) is 1.55. The Labute approximate surface area is 106 Å². The second-order valence-corrected chi connectivity index (χ2v) is 4.09. The van der Waals surface area contributed by atoms with Crippen LogP contribution >= 0.6 is 0 Å². The Kier molecular flexibility index (Phi) is 4.23. The molecule has 1 aromatic carbocycles. The maximum Gasteiger partial charge on any atom is 0.391 e. The van der Waals surface area contributed by atoms with Crippen LogP contribution in [-0.2, 0) is 0 Å². The van der Waals surface area contributed by atoms with Crippen LogP contribution in [0.5, 0.6) is 0 Å². The van der Waals surface area contributed by atoms with Crippen LogP contribution in [0.2, 0.25) is 0 Å². The molecule has 0 saturated carbocycles. The molecule has 0 bridgehead atoms. The number of halogens is 4. The molecule has 1 aromatic rings. The van der Waals surface area contributed by atoms with Gasteiger partial charge in [-0.05, 0) is 19.1 Å². The average Bonchev–Trinajstić information content (AvgIpc) is 2.18. The number of aromatic carboxylic acids is 1. The molecule has 0 aromatic heterocycles. The monoisotopic (exact) mass is 280 g/mol. The van der Waals surface area contributed by atoms with E-state index in [-0.39, 0.29) is 16.9 Å². The zero-order valence-electron chi connectivity index (χ0n) is 9.88. The summed E-state index contributed by atoms with van der Waals surface area (Å²) >= 11 is 0. The molecule has 0 saturated heterocycles. The van der Waals surface area contributed by atoms with Gasteiger partial charge >= 0.3 is 12.1 Å². The summed E-state index contributed by atoms with van der Waals surface area (Å²) in [6.45, 7) is 1.21. The van der Waals surface area contributed by atoms with E-state index in [0.29, 0.717) is 0 Å². The molecule has 1 atom stereocenters. The first-order chi connectivity index (χ1) is 8.60. The molecule has 1 unspecified atom stereocenters. The van der Waals surface area contributed by atoms with E-state index in [1.54, 1.807) is 0 Å². The van der Waals surface area contributed by atoms with Crippen LogP contribution in [-0.4, -0.2) is 23.3 Å². The first kappa shape index (κ1) is 15.1. The van der Waals surface area contributed by atoms with Crippen LogP contribution in [0, 0.1) is 5.82 Å². The normalized spacial score (nSPS) is 13.1. The summed E-state index contributed by atoms with van der Waals surface area (Å²) in [6.07, 6.45) is -5.56. The summed E-state index contributed by atoms with van der Waals surface area (Å²) in [5.41, 5.74) is 4.30. The molecule has 19 heavy (non-hydrogen) atoms. The molecule has 0 amide bonds. The van der Waals surface area contributed by atoms with Crippen molar-refractivity contribution in [3.05, 3.63) is 23.5 Å². The molecule has 0 fully saturated rings. The molecule has 0 spiro atoms. The fourth-order valence-corrected chi connectivity index (χ4v) is 1.55. The SMILES string of the molecule is CC(CC(F)(F)F)Nc1cc(C(=O)O)c(N)cc1F. The summed E-state index contributed by atoms with van der Waals surface area (Å²) in [5, 5.41) is 11.1. The molecule has 1 rings (SSSR count). The van der Waals surface area contributed by atoms with Gasteiger partial charge in [-0.25, -0.2) is 9.18 Å². The number of nitrogens with one attached hydrogen (secondary N) is 1. The largest absolute Gasteiger partial charge is 0.478 e. The number of carboxylic acid groups (broad SMARTS) is 1. The van der Waals surface area contributed by atoms with E-state index in [9.17, 15) is 22.4 Å². The molecule has 0 heterocycles. The van der Waals surface area contributed by atoms with Crippen LogP contribution < -0.4 is 11.1 Å². The molecular weight excluding hydrogens is 268 g/mol. The number of alkyl halides is 3. The summed E-state index contributed by atoms with van der Waals surface area (Å²) in [4.78, 5) is 10.8. The molecule has 0 aliphatic rings. The first-order valence-corrected chi connectivity index (χ1v) is 5.25. The van der Waals surface area contributed by atoms with Gasteiger partial charge in [0.05, 0.1) is 17.7 Å². The Morgan fingerprint density at radius 1 is 1.47 bits per heavy atom. The number of nitrogen functional groups attached to an aromatic ring is 1. The summed E-state index contributed by atoms with van der Waals surface area (Å²) in [5.74, 6) is -2.29. The Morgan fingerprint density at radius 2 is 2.05 bits per heavy atom. The van der Waals surface area contributed by atoms with Gasteiger partial charge < -0.3 is 16.2 Å². The smallest absolute Gasteiger partial charge is 0.391 e. The van der Waals surface area contributed by atoms with Crippen LogP contribution in [0.1, 0.15) is 23.7 Å². The van der Waals surface area contributed by atoms with E-state index in [1.807, 2.05) is 0 Å². The van der Waals surface area contributed by atoms with Gasteiger partial charge in [-0.3, -0.25) is 0 Å². The highest BCUT2D eigenvalue weighted by atomic mass is 19.4. The number of anilines is 2. The molecule has 106 valence electrons. The number of hydrogen-bond donors (Lipinski definition) is 3. The molecule has 0 aliphatic heterocycles. The standard InChI is InChI=1S/C11H12F4N2O2/c1-5(4-11(13,14)15)17-9-2-6(10(18)19)8(16)3-7(9)12/h2-3,5,17H,4,16H2,1H3,(H,18,19). The highest BCUT2D eigenvalue weighted by molar-refractivity contribution is 5.94. The van der Waals surface area contributed by atoms with Crippen LogP contribution in [0.4, 0.5) is 28.9 Å². The van der Waals surface area contributed by atoms with Crippen molar-refractivity contribution in [2.45, 2.75) is 25.6 Å². The predicted octanol–water partition coefficient (Wildman–Crippen LogP) is 2.86. The van der Waals surface area contributed by atoms with E-state index in [1.165, 1.54) is 6.92 Å². The summed E-state index contributed by atoms with van der Waals surface area (Å²) < 4.78 is 49.9. The van der Waals surface area contributed by atoms with Crippen molar-refractivity contribution in [1.29, 1.82) is 0 Å². The van der Waals surface area contributed by atoms with Crippen LogP contribution in [0.15, 0.2) is 12.1 Å². The van der Waals surface area contributed by atoms with Crippen molar-refractivity contribution in [3.8, 4) is 0 Å². The molecule has 8 heteroatoms. The maximum absolute atomic E-state index is 13.5. The number of carbonyl (C=O) groups is 1. The van der Waals surface area contributed by atoms with Crippen molar-refractivity contribution >= 4 is 17.3 Å². The second kappa shape index (κ2) is 5.33. The topological polar surface area (TPSA) is 75.3 Å². The van der Waals surface area contributed by atoms with Gasteiger partial charge in [0, 0.05) is 11.7 Å². The highest BCUT2D eigenvalue weighted by Gasteiger charge is 2.30. The number of carboxylic acids is 1. The van der Waals surface area contributed by atoms with Gasteiger partial charge in [-0.2, -0.15) is 13.2 Å². The number of benzene rings is 1. The van der Waals surface area contributed by atoms with Crippen molar-refractivity contribution < 1.29 is 27.5 Å². The van der Waals surface area contributed by atoms with Crippen molar-refractivity contribution in [3.63, 3.8) is 0 Å². The van der Waals surface area contributed by atoms with Gasteiger partial charge in [-0.15, -0.1) is 0 Å². The van der Waals surface area contributed by atoms with E-state index in [2.05, 4.69) is 5.32 Å². The van der Waals surface area contributed by atoms with E-state index >= 15 is 0 Å². The minimum Gasteiger partial charge on any atom is -0.478 e. The van der Waals surface area contributed by atoms with Crippen molar-refractivity contribution in [2.24, 2.45) is 0 Å². The molecular formula is C11H12F4N2O2. The highest BCUT2D eigenvalue weighted by Crippen LogP contribution is 2.26. The molecule has 4 N–H and O–H groups in total. The Hall–Kier alpha value is -1.99. The van der Waals surface area contributed by atoms with Gasteiger partial charge in [-0.1, -0.05) is 0 Å². The second-order valence-electron chi connectivity index (χ2n) is 4.09. The summed E-state index contributed by atoms with van der Waals surface area (Å²) in [6, 6.07) is 0.533. The van der Waals surface area contributed by atoms with Crippen LogP contribution in [0.25, 0.3) is 0 Å². The minimum absolute atomic E-state index is 0.293. The first-order valence-electron chi connectivity index (χ1n) is 5.25. The van der Waals surface area contributed by atoms with Crippen LogP contribution in [0.3, 0.4) is 0 Å². The predicted molar refractivity (Wildman–Crippen MR) is 61.5 cm³/mol. The zero-order valence-corrected chi connectivity index (χ0v) is 9.88. The average molecular weight is 280 g/mol. The number of nitrogens with two attached hydrogens (primary N) is 1. The molecule has 4 nitrogen and oxygen atoms in total. The lowest BCUT2D eigenvalue weighted by molar-refractivity contribution is -0.136. The Bertz CT molecular complexity index is 488. The molecule has 0 aliphatic carbocycles. The van der Waals surface area contributed by atoms with Gasteiger partial charge in [0.15, 0.2) is 0 Å². The third-order valence-electron chi connectivity index (χ3n) is 2.31. The minimum atomic E-state index is -4.40. The van der Waals surface area contributed by atoms with E-state index in [0.717, 1.165) is 12.1 Å². The van der Waals surface area contributed by atoms with Gasteiger partial charge in [0.1, 0.15) is 5.82 Å². The lowest BCUT2D eigenvalue weighted by atomic mass is 10.1. The van der Waals surface area contributed by atoms with Gasteiger partial charge in [0.2, 0.25) is 0 Å². The number of hydrogen-bond acceptors (Lipinski definition) is 3. The Balaban J connectivity index is 2.95. The van der Waals surface area contributed by atoms with Gasteiger partial charge in [0.25, 0.3) is 0 Å². The van der Waals surface area contributed by atoms with Crippen molar-refractivity contribution in [2.75, 3.05) is 11.1 Å². The molecule has 0 radical (unpaired) electrons. The van der Waals surface area contributed by atoms with Crippen molar-refractivity contribution in [1.82, 2.24) is 0 Å². The third kappa shape index (κ3) is 4.31. The lowest BCUT2D eigenvalue weighted by Gasteiger charge is -2.18. The quantitative estimate of drug-likeness (QED) is 0.585. The van der Waals surface area contributed by atoms with E-state index < -0.39 is 30.4 Å².